The summed E-state index contributed by atoms with van der Waals surface area (Å²) in [7, 11) is 0. The highest BCUT2D eigenvalue weighted by molar-refractivity contribution is 5.70. The van der Waals surface area contributed by atoms with Crippen molar-refractivity contribution in [2.45, 2.75) is 65.4 Å². The molecule has 1 unspecified atom stereocenters. The Balaban J connectivity index is 0.000000366. The summed E-state index contributed by atoms with van der Waals surface area (Å²) < 4.78 is 5.15. The number of unbranched alkanes of at least 4 members (excludes halogenated alkanes) is 1. The predicted octanol–water partition coefficient (Wildman–Crippen LogP) is 3.00. The van der Waals surface area contributed by atoms with Gasteiger partial charge in [-0.2, -0.15) is 0 Å². The standard InChI is InChI=1S/C9H16O2.C4H8O2/c1-2-3-5-8-6-4-7-9(10)11-8;1-3(2)4(5)6/h8H,2-7H2,1H3;3H,1-2H3,(H,5,6). The Kier molecular flexibility index (Phi) is 8.46. The fourth-order valence-corrected chi connectivity index (χ4v) is 1.41. The summed E-state index contributed by atoms with van der Waals surface area (Å²) in [4.78, 5) is 20.5. The molecule has 1 aliphatic rings. The highest BCUT2D eigenvalue weighted by Gasteiger charge is 2.18. The molecular weight excluding hydrogens is 220 g/mol. The van der Waals surface area contributed by atoms with Gasteiger partial charge in [0, 0.05) is 6.42 Å². The highest BCUT2D eigenvalue weighted by atomic mass is 16.5. The average molecular weight is 244 g/mol. The first-order chi connectivity index (χ1) is 7.97. The molecule has 0 aromatic rings. The molecule has 0 aliphatic carbocycles. The maximum absolute atomic E-state index is 10.8. The summed E-state index contributed by atoms with van der Waals surface area (Å²) in [5.41, 5.74) is 0. The number of ether oxygens (including phenoxy) is 1. The van der Waals surface area contributed by atoms with Gasteiger partial charge >= 0.3 is 11.9 Å². The molecule has 0 spiro atoms. The lowest BCUT2D eigenvalue weighted by atomic mass is 10.0. The topological polar surface area (TPSA) is 63.6 Å². The summed E-state index contributed by atoms with van der Waals surface area (Å²) in [6.45, 7) is 5.44. The molecule has 0 aromatic heterocycles. The third-order valence-electron chi connectivity index (χ3n) is 2.58. The van der Waals surface area contributed by atoms with E-state index in [0.717, 1.165) is 19.3 Å². The van der Waals surface area contributed by atoms with Crippen LogP contribution in [0.15, 0.2) is 0 Å². The maximum atomic E-state index is 10.8. The minimum atomic E-state index is -0.741. The van der Waals surface area contributed by atoms with Crippen molar-refractivity contribution in [1.29, 1.82) is 0 Å². The molecule has 17 heavy (non-hydrogen) atoms. The van der Waals surface area contributed by atoms with Crippen molar-refractivity contribution in [3.05, 3.63) is 0 Å². The highest BCUT2D eigenvalue weighted by Crippen LogP contribution is 2.18. The number of carboxylic acid groups (broad SMARTS) is 1. The van der Waals surface area contributed by atoms with E-state index in [9.17, 15) is 9.59 Å². The van der Waals surface area contributed by atoms with Crippen LogP contribution in [0.3, 0.4) is 0 Å². The lowest BCUT2D eigenvalue weighted by Crippen LogP contribution is -2.23. The summed E-state index contributed by atoms with van der Waals surface area (Å²) >= 11 is 0. The van der Waals surface area contributed by atoms with Gasteiger partial charge in [-0.3, -0.25) is 9.59 Å². The fourth-order valence-electron chi connectivity index (χ4n) is 1.41. The first-order valence-corrected chi connectivity index (χ1v) is 6.39. The molecule has 1 atom stereocenters. The number of hydrogen-bond acceptors (Lipinski definition) is 3. The van der Waals surface area contributed by atoms with E-state index in [-0.39, 0.29) is 18.0 Å². The summed E-state index contributed by atoms with van der Waals surface area (Å²) in [6, 6.07) is 0. The minimum absolute atomic E-state index is 0.00245. The molecule has 0 amide bonds. The van der Waals surface area contributed by atoms with Crippen LogP contribution in [0.1, 0.15) is 59.3 Å². The number of rotatable bonds is 4. The molecule has 0 radical (unpaired) electrons. The van der Waals surface area contributed by atoms with Gasteiger partial charge in [-0.25, -0.2) is 0 Å². The monoisotopic (exact) mass is 244 g/mol. The predicted molar refractivity (Wildman–Crippen MR) is 65.7 cm³/mol. The lowest BCUT2D eigenvalue weighted by Gasteiger charge is -2.21. The average Bonchev–Trinajstić information content (AvgIpc) is 2.27. The molecule has 0 aromatic carbocycles. The molecule has 0 saturated carbocycles. The fraction of sp³-hybridized carbons (Fsp3) is 0.846. The van der Waals surface area contributed by atoms with Crippen molar-refractivity contribution in [1.82, 2.24) is 0 Å². The third-order valence-corrected chi connectivity index (χ3v) is 2.58. The summed E-state index contributed by atoms with van der Waals surface area (Å²) in [5, 5.41) is 7.99. The number of aliphatic carboxylic acids is 1. The molecule has 1 aliphatic heterocycles. The van der Waals surface area contributed by atoms with Crippen LogP contribution >= 0.6 is 0 Å². The van der Waals surface area contributed by atoms with Gasteiger partial charge in [0.25, 0.3) is 0 Å². The molecule has 1 rings (SSSR count). The molecule has 4 heteroatoms. The summed E-state index contributed by atoms with van der Waals surface area (Å²) in [6.07, 6.45) is 6.38. The van der Waals surface area contributed by atoms with E-state index in [0.29, 0.717) is 6.42 Å². The molecular formula is C13H24O4. The van der Waals surface area contributed by atoms with Crippen LogP contribution in [0.4, 0.5) is 0 Å². The number of carbonyl (C=O) groups is 2. The van der Waals surface area contributed by atoms with E-state index in [1.54, 1.807) is 13.8 Å². The zero-order chi connectivity index (χ0) is 13.3. The van der Waals surface area contributed by atoms with Gasteiger partial charge in [-0.15, -0.1) is 0 Å². The van der Waals surface area contributed by atoms with E-state index < -0.39 is 5.97 Å². The zero-order valence-corrected chi connectivity index (χ0v) is 11.1. The molecule has 0 bridgehead atoms. The zero-order valence-electron chi connectivity index (χ0n) is 11.1. The number of esters is 1. The van der Waals surface area contributed by atoms with Crippen molar-refractivity contribution < 1.29 is 19.4 Å². The van der Waals surface area contributed by atoms with Crippen molar-refractivity contribution in [2.24, 2.45) is 5.92 Å². The Labute approximate surface area is 103 Å². The smallest absolute Gasteiger partial charge is 0.306 e. The van der Waals surface area contributed by atoms with Gasteiger partial charge in [-0.1, -0.05) is 33.6 Å². The van der Waals surface area contributed by atoms with Crippen LogP contribution in [0.25, 0.3) is 0 Å². The van der Waals surface area contributed by atoms with Gasteiger partial charge in [0.15, 0.2) is 0 Å². The second kappa shape index (κ2) is 9.02. The van der Waals surface area contributed by atoms with Crippen molar-refractivity contribution >= 4 is 11.9 Å². The lowest BCUT2D eigenvalue weighted by molar-refractivity contribution is -0.154. The van der Waals surface area contributed by atoms with E-state index in [4.69, 9.17) is 9.84 Å². The Morgan fingerprint density at radius 1 is 1.53 bits per heavy atom. The Morgan fingerprint density at radius 2 is 2.12 bits per heavy atom. The third kappa shape index (κ3) is 8.72. The molecule has 1 fully saturated rings. The largest absolute Gasteiger partial charge is 0.481 e. The van der Waals surface area contributed by atoms with Crippen LogP contribution in [0, 0.1) is 5.92 Å². The molecule has 4 nitrogen and oxygen atoms in total. The van der Waals surface area contributed by atoms with Crippen molar-refractivity contribution in [2.75, 3.05) is 0 Å². The molecule has 100 valence electrons. The van der Waals surface area contributed by atoms with E-state index in [1.165, 1.54) is 12.8 Å². The normalized spacial score (nSPS) is 19.3. The van der Waals surface area contributed by atoms with E-state index >= 15 is 0 Å². The Hall–Kier alpha value is -1.06. The molecule has 1 heterocycles. The number of cyclic esters (lactones) is 1. The van der Waals surface area contributed by atoms with Crippen LogP contribution in [0.2, 0.25) is 0 Å². The second-order valence-corrected chi connectivity index (χ2v) is 4.64. The number of carbonyl (C=O) groups excluding carboxylic acids is 1. The second-order valence-electron chi connectivity index (χ2n) is 4.64. The van der Waals surface area contributed by atoms with E-state index in [1.807, 2.05) is 0 Å². The summed E-state index contributed by atoms with van der Waals surface area (Å²) in [5.74, 6) is -0.975. The van der Waals surface area contributed by atoms with Crippen LogP contribution < -0.4 is 0 Å². The van der Waals surface area contributed by atoms with Crippen LogP contribution in [-0.2, 0) is 14.3 Å². The van der Waals surface area contributed by atoms with Gasteiger partial charge in [-0.05, 0) is 19.3 Å². The molecule has 1 saturated heterocycles. The van der Waals surface area contributed by atoms with Crippen molar-refractivity contribution in [3.8, 4) is 0 Å². The van der Waals surface area contributed by atoms with Gasteiger partial charge in [0.05, 0.1) is 5.92 Å². The first kappa shape index (κ1) is 15.9. The van der Waals surface area contributed by atoms with Crippen LogP contribution in [-0.4, -0.2) is 23.1 Å². The quantitative estimate of drug-likeness (QED) is 0.772. The van der Waals surface area contributed by atoms with Crippen molar-refractivity contribution in [3.63, 3.8) is 0 Å². The number of hydrogen-bond donors (Lipinski definition) is 1. The SMILES string of the molecule is CC(C)C(=O)O.CCCCC1CCCC(=O)O1. The van der Waals surface area contributed by atoms with Gasteiger partial charge in [0.1, 0.15) is 6.10 Å². The van der Waals surface area contributed by atoms with Gasteiger partial charge < -0.3 is 9.84 Å². The maximum Gasteiger partial charge on any atom is 0.306 e. The Bertz CT molecular complexity index is 236. The number of carboxylic acids is 1. The van der Waals surface area contributed by atoms with Gasteiger partial charge in [0.2, 0.25) is 0 Å². The van der Waals surface area contributed by atoms with E-state index in [2.05, 4.69) is 6.92 Å². The first-order valence-electron chi connectivity index (χ1n) is 6.39. The Morgan fingerprint density at radius 3 is 2.53 bits per heavy atom. The van der Waals surface area contributed by atoms with Crippen LogP contribution in [0.5, 0.6) is 0 Å². The molecule has 1 N–H and O–H groups in total. The minimum Gasteiger partial charge on any atom is -0.481 e.